The number of amides is 1. The Kier molecular flexibility index (Phi) is 4.00. The van der Waals surface area contributed by atoms with Gasteiger partial charge in [0.1, 0.15) is 0 Å². The molecule has 0 bridgehead atoms. The summed E-state index contributed by atoms with van der Waals surface area (Å²) in [5.41, 5.74) is 3.06. The molecule has 1 aliphatic rings. The highest BCUT2D eigenvalue weighted by Crippen LogP contribution is 2.22. The first-order valence-corrected chi connectivity index (χ1v) is 7.41. The van der Waals surface area contributed by atoms with Crippen molar-refractivity contribution in [2.24, 2.45) is 0 Å². The number of benzene rings is 1. The molecule has 0 unspecified atom stereocenters. The van der Waals surface area contributed by atoms with Crippen molar-refractivity contribution in [2.45, 2.75) is 13.8 Å². The normalized spacial score (nSPS) is 15.0. The molecular formula is C16H19N5O. The molecule has 114 valence electrons. The zero-order valence-corrected chi connectivity index (χ0v) is 12.9. The van der Waals surface area contributed by atoms with Crippen LogP contribution in [-0.2, 0) is 4.79 Å². The minimum absolute atomic E-state index is 0.118. The van der Waals surface area contributed by atoms with Crippen LogP contribution in [0, 0.1) is 6.92 Å². The van der Waals surface area contributed by atoms with Crippen LogP contribution < -0.4 is 4.90 Å². The molecule has 1 aromatic heterocycles. The van der Waals surface area contributed by atoms with E-state index >= 15 is 0 Å². The number of carbonyl (C=O) groups is 1. The average molecular weight is 297 g/mol. The molecule has 2 aromatic rings. The highest BCUT2D eigenvalue weighted by Gasteiger charge is 2.21. The fourth-order valence-corrected chi connectivity index (χ4v) is 2.64. The van der Waals surface area contributed by atoms with Crippen LogP contribution in [-0.4, -0.2) is 52.2 Å². The summed E-state index contributed by atoms with van der Waals surface area (Å²) >= 11 is 0. The van der Waals surface area contributed by atoms with E-state index in [1.807, 2.05) is 23.1 Å². The molecule has 1 aromatic carbocycles. The highest BCUT2D eigenvalue weighted by atomic mass is 16.2. The van der Waals surface area contributed by atoms with E-state index in [9.17, 15) is 4.79 Å². The Bertz CT molecular complexity index is 680. The van der Waals surface area contributed by atoms with Crippen molar-refractivity contribution in [2.75, 3.05) is 31.1 Å². The number of nitrogens with zero attached hydrogens (tertiary/aromatic N) is 5. The maximum Gasteiger partial charge on any atom is 0.246 e. The van der Waals surface area contributed by atoms with Crippen LogP contribution in [0.1, 0.15) is 12.5 Å². The Morgan fingerprint density at radius 3 is 2.55 bits per heavy atom. The smallest absolute Gasteiger partial charge is 0.246 e. The summed E-state index contributed by atoms with van der Waals surface area (Å²) in [7, 11) is 0. The van der Waals surface area contributed by atoms with Crippen LogP contribution >= 0.6 is 0 Å². The van der Waals surface area contributed by atoms with Crippen LogP contribution in [0.15, 0.2) is 30.5 Å². The van der Waals surface area contributed by atoms with Crippen molar-refractivity contribution in [1.82, 2.24) is 20.1 Å². The summed E-state index contributed by atoms with van der Waals surface area (Å²) < 4.78 is 0. The van der Waals surface area contributed by atoms with E-state index in [2.05, 4.69) is 33.1 Å². The van der Waals surface area contributed by atoms with Gasteiger partial charge in [-0.2, -0.15) is 5.10 Å². The molecule has 0 spiro atoms. The lowest BCUT2D eigenvalue weighted by molar-refractivity contribution is -0.129. The summed E-state index contributed by atoms with van der Waals surface area (Å²) in [6, 6.07) is 8.10. The predicted molar refractivity (Wildman–Crippen MR) is 84.5 cm³/mol. The second kappa shape index (κ2) is 6.09. The van der Waals surface area contributed by atoms with Crippen molar-refractivity contribution in [3.05, 3.63) is 36.0 Å². The van der Waals surface area contributed by atoms with Gasteiger partial charge in [-0.05, 0) is 12.5 Å². The average Bonchev–Trinajstić information content (AvgIpc) is 2.55. The summed E-state index contributed by atoms with van der Waals surface area (Å²) in [6.07, 6.45) is 1.69. The second-order valence-corrected chi connectivity index (χ2v) is 5.45. The van der Waals surface area contributed by atoms with E-state index in [1.54, 1.807) is 13.1 Å². The van der Waals surface area contributed by atoms with Gasteiger partial charge in [-0.1, -0.05) is 24.3 Å². The lowest BCUT2D eigenvalue weighted by Gasteiger charge is -2.33. The quantitative estimate of drug-likeness (QED) is 0.841. The van der Waals surface area contributed by atoms with Gasteiger partial charge in [0, 0.05) is 38.7 Å². The molecule has 0 saturated carbocycles. The predicted octanol–water partition coefficient (Wildman–Crippen LogP) is 1.52. The summed E-state index contributed by atoms with van der Waals surface area (Å²) in [5, 5.41) is 8.25. The first-order chi connectivity index (χ1) is 10.6. The number of rotatable bonds is 2. The Morgan fingerprint density at radius 2 is 1.86 bits per heavy atom. The van der Waals surface area contributed by atoms with Crippen LogP contribution in [0.25, 0.3) is 11.3 Å². The van der Waals surface area contributed by atoms with Gasteiger partial charge in [-0.15, -0.1) is 5.10 Å². The lowest BCUT2D eigenvalue weighted by Crippen LogP contribution is -2.48. The zero-order chi connectivity index (χ0) is 15.5. The van der Waals surface area contributed by atoms with Crippen molar-refractivity contribution < 1.29 is 4.79 Å². The van der Waals surface area contributed by atoms with Crippen LogP contribution in [0.4, 0.5) is 5.95 Å². The van der Waals surface area contributed by atoms with Crippen molar-refractivity contribution in [1.29, 1.82) is 0 Å². The molecule has 0 aliphatic carbocycles. The Hall–Kier alpha value is -2.50. The van der Waals surface area contributed by atoms with Crippen molar-refractivity contribution in [3.8, 4) is 11.3 Å². The van der Waals surface area contributed by atoms with Gasteiger partial charge in [-0.25, -0.2) is 4.98 Å². The van der Waals surface area contributed by atoms with Crippen molar-refractivity contribution in [3.63, 3.8) is 0 Å². The number of aromatic nitrogens is 3. The molecule has 0 N–H and O–H groups in total. The molecular weight excluding hydrogens is 278 g/mol. The number of hydrogen-bond donors (Lipinski definition) is 0. The van der Waals surface area contributed by atoms with Crippen LogP contribution in [0.5, 0.6) is 0 Å². The third-order valence-electron chi connectivity index (χ3n) is 3.98. The Labute approximate surface area is 129 Å². The molecule has 1 fully saturated rings. The second-order valence-electron chi connectivity index (χ2n) is 5.45. The molecule has 0 atom stereocenters. The Morgan fingerprint density at radius 1 is 1.14 bits per heavy atom. The highest BCUT2D eigenvalue weighted by molar-refractivity contribution is 5.73. The number of hydrogen-bond acceptors (Lipinski definition) is 5. The molecule has 1 saturated heterocycles. The van der Waals surface area contributed by atoms with Gasteiger partial charge in [0.2, 0.25) is 11.9 Å². The lowest BCUT2D eigenvalue weighted by atomic mass is 10.1. The summed E-state index contributed by atoms with van der Waals surface area (Å²) in [5.74, 6) is 0.747. The first-order valence-electron chi connectivity index (χ1n) is 7.41. The fraction of sp³-hybridized carbons (Fsp3) is 0.375. The monoisotopic (exact) mass is 297 g/mol. The topological polar surface area (TPSA) is 62.2 Å². The largest absolute Gasteiger partial charge is 0.339 e. The van der Waals surface area contributed by atoms with Gasteiger partial charge in [0.25, 0.3) is 0 Å². The third kappa shape index (κ3) is 2.90. The van der Waals surface area contributed by atoms with E-state index in [1.165, 1.54) is 0 Å². The molecule has 22 heavy (non-hydrogen) atoms. The molecule has 6 nitrogen and oxygen atoms in total. The molecule has 0 radical (unpaired) electrons. The molecule has 6 heteroatoms. The fourth-order valence-electron chi connectivity index (χ4n) is 2.64. The summed E-state index contributed by atoms with van der Waals surface area (Å²) in [6.45, 7) is 6.53. The Balaban J connectivity index is 1.81. The van der Waals surface area contributed by atoms with Crippen molar-refractivity contribution >= 4 is 11.9 Å². The van der Waals surface area contributed by atoms with Gasteiger partial charge in [-0.3, -0.25) is 4.79 Å². The zero-order valence-electron chi connectivity index (χ0n) is 12.9. The molecule has 3 rings (SSSR count). The molecule has 2 heterocycles. The number of carbonyl (C=O) groups excluding carboxylic acids is 1. The number of piperazine rings is 1. The van der Waals surface area contributed by atoms with Crippen LogP contribution in [0.3, 0.4) is 0 Å². The van der Waals surface area contributed by atoms with Gasteiger partial charge >= 0.3 is 0 Å². The van der Waals surface area contributed by atoms with E-state index in [0.29, 0.717) is 19.0 Å². The van der Waals surface area contributed by atoms with Gasteiger partial charge < -0.3 is 9.80 Å². The first kappa shape index (κ1) is 14.4. The SMILES string of the molecule is CC(=O)N1CCN(c2nncc(-c3ccccc3C)n2)CC1. The van der Waals surface area contributed by atoms with E-state index in [-0.39, 0.29) is 5.91 Å². The van der Waals surface area contributed by atoms with E-state index in [4.69, 9.17) is 0 Å². The maximum absolute atomic E-state index is 11.4. The number of anilines is 1. The summed E-state index contributed by atoms with van der Waals surface area (Å²) in [4.78, 5) is 19.9. The minimum atomic E-state index is 0.118. The molecule has 1 amide bonds. The third-order valence-corrected chi connectivity index (χ3v) is 3.98. The van der Waals surface area contributed by atoms with Gasteiger partial charge in [0.15, 0.2) is 0 Å². The number of aryl methyl sites for hydroxylation is 1. The van der Waals surface area contributed by atoms with E-state index in [0.717, 1.165) is 29.9 Å². The van der Waals surface area contributed by atoms with E-state index < -0.39 is 0 Å². The minimum Gasteiger partial charge on any atom is -0.339 e. The standard InChI is InChI=1S/C16H19N5O/c1-12-5-3-4-6-14(12)15-11-17-19-16(18-15)21-9-7-20(8-10-21)13(2)22/h3-6,11H,7-10H2,1-2H3. The molecule has 1 aliphatic heterocycles. The maximum atomic E-state index is 11.4. The van der Waals surface area contributed by atoms with Crippen LogP contribution in [0.2, 0.25) is 0 Å². The van der Waals surface area contributed by atoms with Gasteiger partial charge in [0.05, 0.1) is 11.9 Å².